The standard InChI is InChI=1S/C22H21N3O3/c1-15-2-4-18-17(12-15)19(6-7-23-18)24-8-10-25(11-9-24)22(26)16-3-5-20-21(13-16)28-14-27-20/h2-7,12-13H,8-11,14H2,1H3. The Morgan fingerprint density at radius 1 is 0.964 bits per heavy atom. The molecule has 2 aliphatic rings. The first-order valence-corrected chi connectivity index (χ1v) is 9.48. The van der Waals surface area contributed by atoms with Crippen LogP contribution in [0.3, 0.4) is 0 Å². The van der Waals surface area contributed by atoms with Crippen molar-refractivity contribution in [3.63, 3.8) is 0 Å². The van der Waals surface area contributed by atoms with Gasteiger partial charge in [0.2, 0.25) is 6.79 Å². The Balaban J connectivity index is 1.33. The van der Waals surface area contributed by atoms with E-state index >= 15 is 0 Å². The van der Waals surface area contributed by atoms with E-state index in [1.54, 1.807) is 18.2 Å². The highest BCUT2D eigenvalue weighted by Gasteiger charge is 2.25. The van der Waals surface area contributed by atoms with E-state index in [-0.39, 0.29) is 12.7 Å². The molecule has 142 valence electrons. The van der Waals surface area contributed by atoms with E-state index in [2.05, 4.69) is 41.1 Å². The van der Waals surface area contributed by atoms with Gasteiger partial charge in [-0.3, -0.25) is 9.78 Å². The Morgan fingerprint density at radius 2 is 1.79 bits per heavy atom. The predicted octanol–water partition coefficient (Wildman–Crippen LogP) is 3.23. The van der Waals surface area contributed by atoms with Crippen molar-refractivity contribution in [2.45, 2.75) is 6.92 Å². The van der Waals surface area contributed by atoms with Crippen LogP contribution in [-0.2, 0) is 0 Å². The molecule has 0 saturated carbocycles. The van der Waals surface area contributed by atoms with Crippen LogP contribution < -0.4 is 14.4 Å². The summed E-state index contributed by atoms with van der Waals surface area (Å²) in [5.41, 5.74) is 4.05. The molecule has 3 aromatic rings. The number of rotatable bonds is 2. The number of aromatic nitrogens is 1. The number of amides is 1. The third-order valence-corrected chi connectivity index (χ3v) is 5.40. The molecule has 1 aromatic heterocycles. The van der Waals surface area contributed by atoms with E-state index in [4.69, 9.17) is 9.47 Å². The number of carbonyl (C=O) groups is 1. The average molecular weight is 375 g/mol. The van der Waals surface area contributed by atoms with Crippen molar-refractivity contribution in [3.05, 3.63) is 59.8 Å². The fourth-order valence-electron chi connectivity index (χ4n) is 3.88. The monoisotopic (exact) mass is 375 g/mol. The highest BCUT2D eigenvalue weighted by molar-refractivity contribution is 5.95. The molecule has 0 aliphatic carbocycles. The number of nitrogens with zero attached hydrogens (tertiary/aromatic N) is 3. The summed E-state index contributed by atoms with van der Waals surface area (Å²) >= 11 is 0. The molecule has 28 heavy (non-hydrogen) atoms. The van der Waals surface area contributed by atoms with Crippen molar-refractivity contribution >= 4 is 22.5 Å². The molecule has 1 saturated heterocycles. The second kappa shape index (κ2) is 6.71. The number of hydrogen-bond donors (Lipinski definition) is 0. The molecule has 0 bridgehead atoms. The maximum absolute atomic E-state index is 12.9. The summed E-state index contributed by atoms with van der Waals surface area (Å²) in [7, 11) is 0. The van der Waals surface area contributed by atoms with E-state index in [9.17, 15) is 4.79 Å². The van der Waals surface area contributed by atoms with Crippen LogP contribution in [0.4, 0.5) is 5.69 Å². The Bertz CT molecular complexity index is 1060. The zero-order chi connectivity index (χ0) is 19.1. The summed E-state index contributed by atoms with van der Waals surface area (Å²) in [4.78, 5) is 21.6. The number of pyridine rings is 1. The number of ether oxygens (including phenoxy) is 2. The largest absolute Gasteiger partial charge is 0.454 e. The first-order chi connectivity index (χ1) is 13.7. The lowest BCUT2D eigenvalue weighted by Crippen LogP contribution is -2.48. The molecule has 5 rings (SSSR count). The van der Waals surface area contributed by atoms with Crippen LogP contribution in [-0.4, -0.2) is 48.8 Å². The van der Waals surface area contributed by atoms with Crippen LogP contribution in [0.2, 0.25) is 0 Å². The quantitative estimate of drug-likeness (QED) is 0.688. The molecule has 0 N–H and O–H groups in total. The van der Waals surface area contributed by atoms with Gasteiger partial charge in [-0.15, -0.1) is 0 Å². The SMILES string of the molecule is Cc1ccc2nccc(N3CCN(C(=O)c4ccc5c(c4)OCO5)CC3)c2c1. The molecule has 2 aliphatic heterocycles. The first-order valence-electron chi connectivity index (χ1n) is 9.48. The summed E-state index contributed by atoms with van der Waals surface area (Å²) < 4.78 is 10.7. The molecular weight excluding hydrogens is 354 g/mol. The lowest BCUT2D eigenvalue weighted by atomic mass is 10.1. The lowest BCUT2D eigenvalue weighted by Gasteiger charge is -2.36. The van der Waals surface area contributed by atoms with Crippen molar-refractivity contribution in [2.75, 3.05) is 37.9 Å². The van der Waals surface area contributed by atoms with E-state index in [1.165, 1.54) is 11.3 Å². The Hall–Kier alpha value is -3.28. The topological polar surface area (TPSA) is 54.9 Å². The van der Waals surface area contributed by atoms with E-state index < -0.39 is 0 Å². The Labute approximate surface area is 163 Å². The van der Waals surface area contributed by atoms with E-state index in [0.717, 1.165) is 24.0 Å². The maximum atomic E-state index is 12.9. The first kappa shape index (κ1) is 16.9. The second-order valence-electron chi connectivity index (χ2n) is 7.20. The number of anilines is 1. The second-order valence-corrected chi connectivity index (χ2v) is 7.20. The minimum atomic E-state index is 0.0355. The summed E-state index contributed by atoms with van der Waals surface area (Å²) in [6.07, 6.45) is 1.86. The van der Waals surface area contributed by atoms with Gasteiger partial charge < -0.3 is 19.3 Å². The summed E-state index contributed by atoms with van der Waals surface area (Å²) in [6, 6.07) is 13.8. The van der Waals surface area contributed by atoms with Gasteiger partial charge in [-0.05, 0) is 43.3 Å². The van der Waals surface area contributed by atoms with Gasteiger partial charge in [0.15, 0.2) is 11.5 Å². The number of benzene rings is 2. The molecule has 1 amide bonds. The van der Waals surface area contributed by atoms with Crippen LogP contribution in [0.25, 0.3) is 10.9 Å². The van der Waals surface area contributed by atoms with Crippen molar-refractivity contribution < 1.29 is 14.3 Å². The minimum absolute atomic E-state index is 0.0355. The molecule has 1 fully saturated rings. The number of carbonyl (C=O) groups excluding carboxylic acids is 1. The third-order valence-electron chi connectivity index (χ3n) is 5.40. The molecule has 6 nitrogen and oxygen atoms in total. The van der Waals surface area contributed by atoms with Gasteiger partial charge in [-0.25, -0.2) is 0 Å². The third kappa shape index (κ3) is 2.91. The van der Waals surface area contributed by atoms with Gasteiger partial charge in [0.05, 0.1) is 5.52 Å². The molecule has 0 radical (unpaired) electrons. The molecule has 0 atom stereocenters. The zero-order valence-corrected chi connectivity index (χ0v) is 15.7. The zero-order valence-electron chi connectivity index (χ0n) is 15.7. The van der Waals surface area contributed by atoms with Crippen molar-refractivity contribution in [1.29, 1.82) is 0 Å². The predicted molar refractivity (Wildman–Crippen MR) is 107 cm³/mol. The smallest absolute Gasteiger partial charge is 0.254 e. The van der Waals surface area contributed by atoms with Gasteiger partial charge in [0.25, 0.3) is 5.91 Å². The molecule has 2 aromatic carbocycles. The Kier molecular flexibility index (Phi) is 4.04. The van der Waals surface area contributed by atoms with Crippen LogP contribution in [0.5, 0.6) is 11.5 Å². The fraction of sp³-hybridized carbons (Fsp3) is 0.273. The molecular formula is C22H21N3O3. The lowest BCUT2D eigenvalue weighted by molar-refractivity contribution is 0.0746. The van der Waals surface area contributed by atoms with Gasteiger partial charge in [0.1, 0.15) is 0 Å². The Morgan fingerprint density at radius 3 is 2.64 bits per heavy atom. The number of piperazine rings is 1. The van der Waals surface area contributed by atoms with Crippen LogP contribution >= 0.6 is 0 Å². The summed E-state index contributed by atoms with van der Waals surface area (Å²) in [6.45, 7) is 5.27. The molecule has 0 unspecified atom stereocenters. The summed E-state index contributed by atoms with van der Waals surface area (Å²) in [5, 5.41) is 1.16. The fourth-order valence-corrected chi connectivity index (χ4v) is 3.88. The van der Waals surface area contributed by atoms with Crippen LogP contribution in [0.15, 0.2) is 48.7 Å². The van der Waals surface area contributed by atoms with Gasteiger partial charge in [-0.1, -0.05) is 11.6 Å². The number of hydrogen-bond acceptors (Lipinski definition) is 5. The summed E-state index contributed by atoms with van der Waals surface area (Å²) in [5.74, 6) is 1.37. The number of fused-ring (bicyclic) bond motifs is 2. The van der Waals surface area contributed by atoms with Gasteiger partial charge >= 0.3 is 0 Å². The van der Waals surface area contributed by atoms with E-state index in [0.29, 0.717) is 30.2 Å². The van der Waals surface area contributed by atoms with E-state index in [1.807, 2.05) is 11.1 Å². The van der Waals surface area contributed by atoms with Crippen molar-refractivity contribution in [1.82, 2.24) is 9.88 Å². The maximum Gasteiger partial charge on any atom is 0.254 e. The van der Waals surface area contributed by atoms with Crippen molar-refractivity contribution in [2.24, 2.45) is 0 Å². The highest BCUT2D eigenvalue weighted by atomic mass is 16.7. The molecule has 0 spiro atoms. The average Bonchev–Trinajstić information content (AvgIpc) is 3.21. The van der Waals surface area contributed by atoms with Crippen molar-refractivity contribution in [3.8, 4) is 11.5 Å². The number of aryl methyl sites for hydroxylation is 1. The van der Waals surface area contributed by atoms with Gasteiger partial charge in [-0.2, -0.15) is 0 Å². The molecule has 6 heteroatoms. The normalized spacial score (nSPS) is 15.9. The highest BCUT2D eigenvalue weighted by Crippen LogP contribution is 2.33. The van der Waals surface area contributed by atoms with Gasteiger partial charge in [0, 0.05) is 49.0 Å². The minimum Gasteiger partial charge on any atom is -0.454 e. The van der Waals surface area contributed by atoms with Crippen LogP contribution in [0.1, 0.15) is 15.9 Å². The van der Waals surface area contributed by atoms with Crippen LogP contribution in [0, 0.1) is 6.92 Å². The molecule has 3 heterocycles.